The quantitative estimate of drug-likeness (QED) is 0.255. The van der Waals surface area contributed by atoms with Crippen molar-refractivity contribution >= 4 is 18.1 Å². The Morgan fingerprint density at radius 3 is 0.926 bits per heavy atom. The average Bonchev–Trinajstić information content (AvgIpc) is 2.63. The summed E-state index contributed by atoms with van der Waals surface area (Å²) in [6, 6.07) is 32.6. The third-order valence-corrected chi connectivity index (χ3v) is 5.87. The van der Waals surface area contributed by atoms with Gasteiger partial charge in [0, 0.05) is 27.6 Å². The summed E-state index contributed by atoms with van der Waals surface area (Å²) in [4.78, 5) is 0. The molecule has 0 heterocycles. The second-order valence-corrected chi connectivity index (χ2v) is 8.09. The van der Waals surface area contributed by atoms with Crippen LogP contribution >= 0.6 is 0 Å². The number of hydrogen-bond donors (Lipinski definition) is 0. The fourth-order valence-corrected chi connectivity index (χ4v) is 4.88. The van der Waals surface area contributed by atoms with Gasteiger partial charge in [-0.05, 0) is 0 Å². The summed E-state index contributed by atoms with van der Waals surface area (Å²) in [5, 5.41) is 0. The summed E-state index contributed by atoms with van der Waals surface area (Å²) in [7, 11) is -5.68. The molecule has 3 aromatic carbocycles. The maximum absolute atomic E-state index is 9.75. The molecule has 0 saturated carbocycles. The lowest BCUT2D eigenvalue weighted by Crippen LogP contribution is -2.12. The Balaban J connectivity index is 0.000000465. The standard InChI is InChI=1S/C21H21S.BF4/c1-4-10-19(11-5-1)16-22(17-20-12-6-2-7-13-20)18-21-14-8-3-9-15-21;2-1(3,4)5/h1-15H,16-18H2;/q+1;-1. The Hall–Kier alpha value is -2.21. The van der Waals surface area contributed by atoms with Crippen LogP contribution in [0.15, 0.2) is 91.0 Å². The van der Waals surface area contributed by atoms with E-state index in [-0.39, 0.29) is 0 Å². The van der Waals surface area contributed by atoms with Crippen molar-refractivity contribution in [2.45, 2.75) is 17.3 Å². The van der Waals surface area contributed by atoms with Crippen LogP contribution in [0.3, 0.4) is 0 Å². The van der Waals surface area contributed by atoms with Crippen LogP contribution < -0.4 is 0 Å². The second kappa shape index (κ2) is 10.8. The van der Waals surface area contributed by atoms with Crippen molar-refractivity contribution in [2.75, 3.05) is 0 Å². The van der Waals surface area contributed by atoms with Crippen molar-refractivity contribution in [3.05, 3.63) is 108 Å². The number of hydrogen-bond acceptors (Lipinski definition) is 0. The molecular formula is C21H21BF4S. The number of halogens is 4. The molecule has 0 amide bonds. The van der Waals surface area contributed by atoms with E-state index < -0.39 is 7.25 Å². The SMILES string of the molecule is F[B-](F)(F)F.c1ccc(C[S+](Cc2ccccc2)Cc2ccccc2)cc1. The summed E-state index contributed by atoms with van der Waals surface area (Å²) < 4.78 is 39.0. The Labute approximate surface area is 160 Å². The Morgan fingerprint density at radius 1 is 0.481 bits per heavy atom. The molecule has 0 aliphatic rings. The molecule has 3 aromatic rings. The molecule has 0 nitrogen and oxygen atoms in total. The summed E-state index contributed by atoms with van der Waals surface area (Å²) in [5.74, 6) is 3.47. The zero-order chi connectivity index (χ0) is 19.5. The van der Waals surface area contributed by atoms with E-state index >= 15 is 0 Å². The van der Waals surface area contributed by atoms with Gasteiger partial charge in [0.2, 0.25) is 0 Å². The Kier molecular flexibility index (Phi) is 8.46. The van der Waals surface area contributed by atoms with Crippen LogP contribution in [0.1, 0.15) is 16.7 Å². The lowest BCUT2D eigenvalue weighted by Gasteiger charge is -2.10. The van der Waals surface area contributed by atoms with E-state index in [4.69, 9.17) is 0 Å². The highest BCUT2D eigenvalue weighted by atomic mass is 32.2. The minimum Gasteiger partial charge on any atom is -0.418 e. The molecule has 27 heavy (non-hydrogen) atoms. The molecule has 0 aliphatic carbocycles. The van der Waals surface area contributed by atoms with E-state index in [2.05, 4.69) is 91.0 Å². The molecule has 6 heteroatoms. The average molecular weight is 392 g/mol. The van der Waals surface area contributed by atoms with Crippen LogP contribution in [0.5, 0.6) is 0 Å². The summed E-state index contributed by atoms with van der Waals surface area (Å²) >= 11 is 0. The van der Waals surface area contributed by atoms with Gasteiger partial charge in [0.1, 0.15) is 17.3 Å². The van der Waals surface area contributed by atoms with Crippen molar-refractivity contribution in [1.82, 2.24) is 0 Å². The van der Waals surface area contributed by atoms with E-state index in [1.807, 2.05) is 0 Å². The van der Waals surface area contributed by atoms with Crippen molar-refractivity contribution in [3.8, 4) is 0 Å². The molecule has 0 fully saturated rings. The second-order valence-electron chi connectivity index (χ2n) is 6.00. The fourth-order valence-electron chi connectivity index (χ4n) is 2.58. The topological polar surface area (TPSA) is 0 Å². The Bertz CT molecular complexity index is 660. The minimum atomic E-state index is -6.00. The first-order valence-electron chi connectivity index (χ1n) is 8.53. The van der Waals surface area contributed by atoms with Gasteiger partial charge in [-0.3, -0.25) is 0 Å². The van der Waals surface area contributed by atoms with Gasteiger partial charge in [0.05, 0.1) is 0 Å². The Morgan fingerprint density at radius 2 is 0.704 bits per heavy atom. The van der Waals surface area contributed by atoms with Gasteiger partial charge in [-0.25, -0.2) is 0 Å². The van der Waals surface area contributed by atoms with Crippen LogP contribution in [-0.2, 0) is 28.2 Å². The van der Waals surface area contributed by atoms with E-state index in [0.717, 1.165) is 17.3 Å². The van der Waals surface area contributed by atoms with E-state index in [9.17, 15) is 17.3 Å². The van der Waals surface area contributed by atoms with Gasteiger partial charge in [-0.1, -0.05) is 91.0 Å². The normalized spacial score (nSPS) is 11.0. The highest BCUT2D eigenvalue weighted by molar-refractivity contribution is 7.94. The van der Waals surface area contributed by atoms with Gasteiger partial charge in [-0.15, -0.1) is 0 Å². The largest absolute Gasteiger partial charge is 0.673 e. The third-order valence-electron chi connectivity index (χ3n) is 3.64. The minimum absolute atomic E-state index is 0.323. The van der Waals surface area contributed by atoms with Crippen molar-refractivity contribution < 1.29 is 17.3 Å². The first-order valence-corrected chi connectivity index (χ1v) is 10.3. The van der Waals surface area contributed by atoms with Crippen LogP contribution in [0.4, 0.5) is 17.3 Å². The monoisotopic (exact) mass is 392 g/mol. The molecule has 0 atom stereocenters. The van der Waals surface area contributed by atoms with Gasteiger partial charge >= 0.3 is 7.25 Å². The zero-order valence-corrected chi connectivity index (χ0v) is 15.6. The molecule has 3 rings (SSSR count). The maximum atomic E-state index is 9.75. The van der Waals surface area contributed by atoms with Gasteiger partial charge in [0.25, 0.3) is 0 Å². The third kappa shape index (κ3) is 9.90. The molecule has 0 bridgehead atoms. The first-order chi connectivity index (χ1) is 12.9. The predicted molar refractivity (Wildman–Crippen MR) is 108 cm³/mol. The van der Waals surface area contributed by atoms with Crippen LogP contribution in [0, 0.1) is 0 Å². The smallest absolute Gasteiger partial charge is 0.418 e. The lowest BCUT2D eigenvalue weighted by molar-refractivity contribution is 0.368. The van der Waals surface area contributed by atoms with Crippen LogP contribution in [0.2, 0.25) is 0 Å². The summed E-state index contributed by atoms with van der Waals surface area (Å²) in [6.07, 6.45) is 0. The summed E-state index contributed by atoms with van der Waals surface area (Å²) in [5.41, 5.74) is 4.33. The van der Waals surface area contributed by atoms with Gasteiger partial charge < -0.3 is 17.3 Å². The van der Waals surface area contributed by atoms with Gasteiger partial charge in [0.15, 0.2) is 0 Å². The molecule has 0 unspecified atom stereocenters. The van der Waals surface area contributed by atoms with E-state index in [0.29, 0.717) is 10.9 Å². The van der Waals surface area contributed by atoms with E-state index in [1.54, 1.807) is 0 Å². The number of rotatable bonds is 6. The van der Waals surface area contributed by atoms with Crippen LogP contribution in [0.25, 0.3) is 0 Å². The molecule has 0 saturated heterocycles. The maximum Gasteiger partial charge on any atom is 0.673 e. The van der Waals surface area contributed by atoms with Crippen molar-refractivity contribution in [2.24, 2.45) is 0 Å². The molecule has 142 valence electrons. The summed E-state index contributed by atoms with van der Waals surface area (Å²) in [6.45, 7) is 0. The molecule has 0 spiro atoms. The molecule has 0 N–H and O–H groups in total. The zero-order valence-electron chi connectivity index (χ0n) is 14.8. The lowest BCUT2D eigenvalue weighted by atomic mass is 10.2. The molecule has 0 radical (unpaired) electrons. The fraction of sp³-hybridized carbons (Fsp3) is 0.143. The predicted octanol–water partition coefficient (Wildman–Crippen LogP) is 6.51. The number of benzene rings is 3. The highest BCUT2D eigenvalue weighted by Crippen LogP contribution is 2.19. The van der Waals surface area contributed by atoms with Crippen molar-refractivity contribution in [1.29, 1.82) is 0 Å². The van der Waals surface area contributed by atoms with Crippen LogP contribution in [-0.4, -0.2) is 7.25 Å². The van der Waals surface area contributed by atoms with E-state index in [1.165, 1.54) is 16.7 Å². The van der Waals surface area contributed by atoms with Crippen molar-refractivity contribution in [3.63, 3.8) is 0 Å². The molecular weight excluding hydrogens is 371 g/mol. The first kappa shape index (κ1) is 21.1. The molecule has 0 aromatic heterocycles. The molecule has 0 aliphatic heterocycles. The highest BCUT2D eigenvalue weighted by Gasteiger charge is 2.21. The van der Waals surface area contributed by atoms with Gasteiger partial charge in [-0.2, -0.15) is 0 Å².